The van der Waals surface area contributed by atoms with E-state index in [1.165, 1.54) is 5.32 Å². The number of nitrogens with one attached hydrogen (secondary N) is 2. The Morgan fingerprint density at radius 3 is 1.92 bits per heavy atom. The summed E-state index contributed by atoms with van der Waals surface area (Å²) in [5, 5.41) is 2.04. The summed E-state index contributed by atoms with van der Waals surface area (Å²) in [4.78, 5) is 23.3. The molecule has 0 aliphatic carbocycles. The van der Waals surface area contributed by atoms with Gasteiger partial charge in [-0.25, -0.2) is 22.4 Å². The number of benzene rings is 2. The van der Waals surface area contributed by atoms with Gasteiger partial charge in [0.1, 0.15) is 22.9 Å². The molecule has 24 heavy (non-hydrogen) atoms. The van der Waals surface area contributed by atoms with Crippen LogP contribution in [0.25, 0.3) is 0 Å². The molecular formula is C14H6Cl2F4N2O2. The Bertz CT molecular complexity index is 800. The zero-order valence-corrected chi connectivity index (χ0v) is 12.9. The molecular weight excluding hydrogens is 375 g/mol. The monoisotopic (exact) mass is 380 g/mol. The molecule has 0 atom stereocenters. The predicted molar refractivity (Wildman–Crippen MR) is 79.2 cm³/mol. The zero-order chi connectivity index (χ0) is 18.0. The van der Waals surface area contributed by atoms with Crippen LogP contribution in [0.1, 0.15) is 10.4 Å². The van der Waals surface area contributed by atoms with E-state index < -0.39 is 56.5 Å². The normalized spacial score (nSPS) is 10.4. The van der Waals surface area contributed by atoms with Gasteiger partial charge in [-0.3, -0.25) is 10.1 Å². The van der Waals surface area contributed by atoms with Gasteiger partial charge in [0.25, 0.3) is 5.91 Å². The van der Waals surface area contributed by atoms with Crippen molar-refractivity contribution in [3.63, 3.8) is 0 Å². The van der Waals surface area contributed by atoms with Gasteiger partial charge in [0.15, 0.2) is 11.6 Å². The van der Waals surface area contributed by atoms with Crippen LogP contribution in [0.5, 0.6) is 0 Å². The fraction of sp³-hybridized carbons (Fsp3) is 0. The second kappa shape index (κ2) is 7.06. The second-order valence-corrected chi connectivity index (χ2v) is 5.16. The molecule has 0 unspecified atom stereocenters. The number of amides is 3. The lowest BCUT2D eigenvalue weighted by Crippen LogP contribution is -2.35. The molecule has 0 spiro atoms. The Hall–Kier alpha value is -2.32. The molecule has 3 amide bonds. The maximum atomic E-state index is 13.7. The number of carbonyl (C=O) groups is 2. The zero-order valence-electron chi connectivity index (χ0n) is 11.4. The molecule has 0 saturated heterocycles. The smallest absolute Gasteiger partial charge is 0.302 e. The number of carbonyl (C=O) groups excluding carboxylic acids is 2. The Morgan fingerprint density at radius 2 is 1.42 bits per heavy atom. The number of halogens is 6. The first-order valence-electron chi connectivity index (χ1n) is 6.11. The minimum Gasteiger partial charge on any atom is -0.302 e. The predicted octanol–water partition coefficient (Wildman–Crippen LogP) is 4.51. The highest BCUT2D eigenvalue weighted by atomic mass is 35.5. The summed E-state index contributed by atoms with van der Waals surface area (Å²) in [5.74, 6) is -6.56. The number of urea groups is 1. The molecule has 2 aromatic rings. The average molecular weight is 381 g/mol. The van der Waals surface area contributed by atoms with Crippen LogP contribution in [0.3, 0.4) is 0 Å². The summed E-state index contributed by atoms with van der Waals surface area (Å²) < 4.78 is 54.3. The number of anilines is 1. The maximum Gasteiger partial charge on any atom is 0.326 e. The van der Waals surface area contributed by atoms with Crippen molar-refractivity contribution in [3.05, 3.63) is 63.1 Å². The van der Waals surface area contributed by atoms with Gasteiger partial charge in [0, 0.05) is 0 Å². The van der Waals surface area contributed by atoms with E-state index in [-0.39, 0.29) is 0 Å². The molecule has 10 heteroatoms. The van der Waals surface area contributed by atoms with Gasteiger partial charge in [-0.2, -0.15) is 0 Å². The summed E-state index contributed by atoms with van der Waals surface area (Å²) >= 11 is 10.9. The van der Waals surface area contributed by atoms with Gasteiger partial charge in [-0.1, -0.05) is 29.3 Å². The van der Waals surface area contributed by atoms with E-state index >= 15 is 0 Å². The first kappa shape index (κ1) is 18.0. The minimum absolute atomic E-state index is 0.580. The van der Waals surface area contributed by atoms with E-state index in [9.17, 15) is 27.2 Å². The van der Waals surface area contributed by atoms with Crippen LogP contribution in [-0.4, -0.2) is 11.9 Å². The number of hydrogen-bond donors (Lipinski definition) is 2. The van der Waals surface area contributed by atoms with Crippen LogP contribution in [-0.2, 0) is 0 Å². The molecule has 0 aliphatic heterocycles. The molecule has 2 N–H and O–H groups in total. The van der Waals surface area contributed by atoms with Crippen LogP contribution in [0.4, 0.5) is 28.0 Å². The summed E-state index contributed by atoms with van der Waals surface area (Å²) in [7, 11) is 0. The third kappa shape index (κ3) is 3.60. The lowest BCUT2D eigenvalue weighted by Gasteiger charge is -2.11. The van der Waals surface area contributed by atoms with E-state index in [4.69, 9.17) is 23.2 Å². The van der Waals surface area contributed by atoms with Crippen LogP contribution in [0.2, 0.25) is 10.0 Å². The number of rotatable bonds is 2. The molecule has 2 rings (SSSR count). The first-order chi connectivity index (χ1) is 11.2. The number of hydrogen-bond acceptors (Lipinski definition) is 2. The van der Waals surface area contributed by atoms with Crippen molar-refractivity contribution in [1.29, 1.82) is 0 Å². The molecule has 0 heterocycles. The molecule has 0 radical (unpaired) electrons. The molecule has 0 saturated carbocycles. The third-order valence-electron chi connectivity index (χ3n) is 2.77. The van der Waals surface area contributed by atoms with E-state index in [0.717, 1.165) is 24.3 Å². The molecule has 0 aromatic heterocycles. The minimum atomic E-state index is -1.45. The van der Waals surface area contributed by atoms with Crippen molar-refractivity contribution in [3.8, 4) is 0 Å². The van der Waals surface area contributed by atoms with E-state index in [1.807, 2.05) is 0 Å². The van der Waals surface area contributed by atoms with Crippen molar-refractivity contribution in [2.24, 2.45) is 0 Å². The van der Waals surface area contributed by atoms with Crippen LogP contribution >= 0.6 is 23.2 Å². The summed E-state index contributed by atoms with van der Waals surface area (Å²) in [5.41, 5.74) is -2.05. The van der Waals surface area contributed by atoms with Crippen molar-refractivity contribution in [1.82, 2.24) is 5.32 Å². The quantitative estimate of drug-likeness (QED) is 0.594. The fourth-order valence-corrected chi connectivity index (χ4v) is 2.17. The van der Waals surface area contributed by atoms with Gasteiger partial charge in [0.2, 0.25) is 0 Å². The summed E-state index contributed by atoms with van der Waals surface area (Å²) in [6.07, 6.45) is 0. The van der Waals surface area contributed by atoms with Crippen molar-refractivity contribution in [2.45, 2.75) is 0 Å². The average Bonchev–Trinajstić information content (AvgIpc) is 2.49. The van der Waals surface area contributed by atoms with Crippen molar-refractivity contribution >= 4 is 40.8 Å². The summed E-state index contributed by atoms with van der Waals surface area (Å²) in [6, 6.07) is 1.94. The Kier molecular flexibility index (Phi) is 5.30. The Morgan fingerprint density at radius 1 is 0.917 bits per heavy atom. The first-order valence-corrected chi connectivity index (χ1v) is 6.87. The SMILES string of the molecule is O=C(NC(=O)c1c(F)cccc1F)Nc1c(F)c(Cl)cc(Cl)c1F. The molecule has 0 aliphatic rings. The van der Waals surface area contributed by atoms with Crippen molar-refractivity contribution in [2.75, 3.05) is 5.32 Å². The fourth-order valence-electron chi connectivity index (χ4n) is 1.71. The third-order valence-corrected chi connectivity index (χ3v) is 3.32. The summed E-state index contributed by atoms with van der Waals surface area (Å²) in [6.45, 7) is 0. The van der Waals surface area contributed by atoms with Gasteiger partial charge in [-0.05, 0) is 18.2 Å². The van der Waals surface area contributed by atoms with Gasteiger partial charge < -0.3 is 5.32 Å². The highest BCUT2D eigenvalue weighted by molar-refractivity contribution is 6.35. The molecule has 4 nitrogen and oxygen atoms in total. The van der Waals surface area contributed by atoms with E-state index in [0.29, 0.717) is 0 Å². The lowest BCUT2D eigenvalue weighted by atomic mass is 10.2. The van der Waals surface area contributed by atoms with E-state index in [1.54, 1.807) is 5.32 Å². The molecule has 0 bridgehead atoms. The van der Waals surface area contributed by atoms with Crippen LogP contribution in [0.15, 0.2) is 24.3 Å². The van der Waals surface area contributed by atoms with Crippen molar-refractivity contribution < 1.29 is 27.2 Å². The highest BCUT2D eigenvalue weighted by Gasteiger charge is 2.22. The van der Waals surface area contributed by atoms with Gasteiger partial charge in [-0.15, -0.1) is 0 Å². The molecule has 0 fully saturated rings. The van der Waals surface area contributed by atoms with Gasteiger partial charge in [0.05, 0.1) is 10.0 Å². The number of imide groups is 1. The molecule has 2 aromatic carbocycles. The highest BCUT2D eigenvalue weighted by Crippen LogP contribution is 2.31. The second-order valence-electron chi connectivity index (χ2n) is 4.35. The maximum absolute atomic E-state index is 13.7. The standard InChI is InChI=1S/C14H6Cl2F4N2O2/c15-5-4-6(16)11(20)12(10(5)19)21-14(24)22-13(23)9-7(17)2-1-3-8(9)18/h1-4H,(H2,21,22,23,24). The molecule has 126 valence electrons. The Balaban J connectivity index is 2.22. The topological polar surface area (TPSA) is 58.2 Å². The van der Waals surface area contributed by atoms with Crippen LogP contribution in [0, 0.1) is 23.3 Å². The largest absolute Gasteiger partial charge is 0.326 e. The van der Waals surface area contributed by atoms with E-state index in [2.05, 4.69) is 0 Å². The van der Waals surface area contributed by atoms with Crippen LogP contribution < -0.4 is 10.6 Å². The Labute approximate surface area is 142 Å². The van der Waals surface area contributed by atoms with Gasteiger partial charge >= 0.3 is 6.03 Å². The lowest BCUT2D eigenvalue weighted by molar-refractivity contribution is 0.0959.